The van der Waals surface area contributed by atoms with Gasteiger partial charge in [-0.05, 0) is 52.3 Å². The molecule has 0 radical (unpaired) electrons. The van der Waals surface area contributed by atoms with Gasteiger partial charge in [0.2, 0.25) is 0 Å². The van der Waals surface area contributed by atoms with E-state index in [9.17, 15) is 0 Å². The summed E-state index contributed by atoms with van der Waals surface area (Å²) >= 11 is 3.39. The Kier molecular flexibility index (Phi) is 3.52. The highest BCUT2D eigenvalue weighted by Crippen LogP contribution is 2.19. The summed E-state index contributed by atoms with van der Waals surface area (Å²) in [7, 11) is 0. The third-order valence-corrected chi connectivity index (χ3v) is 3.47. The highest BCUT2D eigenvalue weighted by atomic mass is 79.9. The zero-order valence-corrected chi connectivity index (χ0v) is 12.3. The Morgan fingerprint density at radius 3 is 2.55 bits per heavy atom. The molecule has 0 atom stereocenters. The Bertz CT molecular complexity index is 701. The van der Waals surface area contributed by atoms with Crippen molar-refractivity contribution in [3.8, 4) is 11.4 Å². The number of nitrogens with zero attached hydrogens (tertiary/aromatic N) is 3. The number of pyridine rings is 1. The monoisotopic (exact) mass is 328 g/mol. The normalized spacial score (nSPS) is 10.7. The van der Waals surface area contributed by atoms with Crippen LogP contribution in [0.3, 0.4) is 0 Å². The first-order chi connectivity index (χ1) is 9.72. The van der Waals surface area contributed by atoms with Crippen molar-refractivity contribution >= 4 is 21.6 Å². The van der Waals surface area contributed by atoms with E-state index in [0.717, 1.165) is 27.2 Å². The van der Waals surface area contributed by atoms with Crippen LogP contribution >= 0.6 is 15.9 Å². The summed E-state index contributed by atoms with van der Waals surface area (Å²) in [4.78, 5) is 8.80. The van der Waals surface area contributed by atoms with Gasteiger partial charge >= 0.3 is 0 Å². The highest BCUT2D eigenvalue weighted by Gasteiger charge is 2.06. The number of benzene rings is 1. The summed E-state index contributed by atoms with van der Waals surface area (Å²) < 4.78 is 3.05. The van der Waals surface area contributed by atoms with Crippen LogP contribution in [0.25, 0.3) is 11.4 Å². The van der Waals surface area contributed by atoms with Crippen LogP contribution in [0, 0.1) is 0 Å². The lowest BCUT2D eigenvalue weighted by Crippen LogP contribution is -2.02. The van der Waals surface area contributed by atoms with Gasteiger partial charge < -0.3 is 10.3 Å². The molecule has 2 aromatic heterocycles. The number of nitrogen functional groups attached to an aromatic ring is 1. The second-order valence-electron chi connectivity index (χ2n) is 4.47. The van der Waals surface area contributed by atoms with Gasteiger partial charge in [0, 0.05) is 34.3 Å². The van der Waals surface area contributed by atoms with Crippen molar-refractivity contribution in [1.29, 1.82) is 0 Å². The molecule has 1 aromatic carbocycles. The zero-order valence-electron chi connectivity index (χ0n) is 10.7. The fraction of sp³-hybridized carbons (Fsp3) is 0.0667. The first kappa shape index (κ1) is 12.9. The molecule has 0 aliphatic carbocycles. The number of rotatable bonds is 3. The predicted octanol–water partition coefficient (Wildman–Crippen LogP) is 3.34. The fourth-order valence-electron chi connectivity index (χ4n) is 2.00. The largest absolute Gasteiger partial charge is 0.399 e. The summed E-state index contributed by atoms with van der Waals surface area (Å²) in [6, 6.07) is 11.7. The number of nitrogens with two attached hydrogens (primary N) is 1. The van der Waals surface area contributed by atoms with Crippen LogP contribution in [-0.4, -0.2) is 14.5 Å². The molecule has 0 saturated carbocycles. The third-order valence-electron chi connectivity index (χ3n) is 3.01. The van der Waals surface area contributed by atoms with E-state index in [2.05, 4.69) is 30.5 Å². The molecule has 0 saturated heterocycles. The Hall–Kier alpha value is -2.14. The van der Waals surface area contributed by atoms with Crippen molar-refractivity contribution in [2.45, 2.75) is 6.54 Å². The van der Waals surface area contributed by atoms with Crippen molar-refractivity contribution in [1.82, 2.24) is 14.5 Å². The second-order valence-corrected chi connectivity index (χ2v) is 5.38. The van der Waals surface area contributed by atoms with Crippen molar-refractivity contribution in [2.24, 2.45) is 0 Å². The molecular weight excluding hydrogens is 316 g/mol. The average Bonchev–Trinajstić information content (AvgIpc) is 2.90. The molecule has 0 bridgehead atoms. The maximum absolute atomic E-state index is 5.71. The van der Waals surface area contributed by atoms with Crippen LogP contribution in [0.15, 0.2) is 59.5 Å². The van der Waals surface area contributed by atoms with Gasteiger partial charge in [-0.3, -0.25) is 4.98 Å². The molecular formula is C15H13BrN4. The number of halogens is 1. The van der Waals surface area contributed by atoms with Crippen molar-refractivity contribution < 1.29 is 0 Å². The van der Waals surface area contributed by atoms with Crippen LogP contribution in [0.1, 0.15) is 5.69 Å². The van der Waals surface area contributed by atoms with Gasteiger partial charge in [0.25, 0.3) is 0 Å². The topological polar surface area (TPSA) is 56.7 Å². The maximum Gasteiger partial charge on any atom is 0.140 e. The molecule has 2 heterocycles. The van der Waals surface area contributed by atoms with E-state index in [0.29, 0.717) is 6.54 Å². The molecule has 5 heteroatoms. The van der Waals surface area contributed by atoms with Crippen molar-refractivity contribution in [3.05, 3.63) is 65.2 Å². The molecule has 0 amide bonds. The molecule has 3 aromatic rings. The molecule has 0 spiro atoms. The van der Waals surface area contributed by atoms with E-state index in [1.807, 2.05) is 42.6 Å². The van der Waals surface area contributed by atoms with Gasteiger partial charge in [0.05, 0.1) is 12.2 Å². The zero-order chi connectivity index (χ0) is 13.9. The lowest BCUT2D eigenvalue weighted by Gasteiger charge is -2.08. The number of hydrogen-bond donors (Lipinski definition) is 1. The molecule has 3 rings (SSSR count). The van der Waals surface area contributed by atoms with Gasteiger partial charge in [-0.1, -0.05) is 0 Å². The summed E-state index contributed by atoms with van der Waals surface area (Å²) in [5, 5.41) is 0. The minimum Gasteiger partial charge on any atom is -0.399 e. The van der Waals surface area contributed by atoms with Gasteiger partial charge in [-0.15, -0.1) is 0 Å². The van der Waals surface area contributed by atoms with E-state index < -0.39 is 0 Å². The van der Waals surface area contributed by atoms with Crippen molar-refractivity contribution in [3.63, 3.8) is 0 Å². The Labute approximate surface area is 125 Å². The molecule has 0 unspecified atom stereocenters. The molecule has 100 valence electrons. The van der Waals surface area contributed by atoms with Crippen LogP contribution in [0.2, 0.25) is 0 Å². The van der Waals surface area contributed by atoms with Gasteiger partial charge in [0.15, 0.2) is 0 Å². The molecule has 0 fully saturated rings. The smallest absolute Gasteiger partial charge is 0.140 e. The van der Waals surface area contributed by atoms with Crippen molar-refractivity contribution in [2.75, 3.05) is 5.73 Å². The Balaban J connectivity index is 1.90. The van der Waals surface area contributed by atoms with Crippen LogP contribution in [-0.2, 0) is 6.54 Å². The fourth-order valence-corrected chi connectivity index (χ4v) is 2.24. The van der Waals surface area contributed by atoms with Crippen LogP contribution < -0.4 is 5.73 Å². The highest BCUT2D eigenvalue weighted by molar-refractivity contribution is 9.10. The van der Waals surface area contributed by atoms with E-state index in [1.165, 1.54) is 0 Å². The molecule has 0 aliphatic rings. The van der Waals surface area contributed by atoms with Crippen LogP contribution in [0.4, 0.5) is 5.69 Å². The summed E-state index contributed by atoms with van der Waals surface area (Å²) in [6.07, 6.45) is 5.55. The van der Waals surface area contributed by atoms with E-state index in [1.54, 1.807) is 12.4 Å². The number of aromatic nitrogens is 3. The summed E-state index contributed by atoms with van der Waals surface area (Å²) in [5.74, 6) is 0.912. The Morgan fingerprint density at radius 1 is 1.05 bits per heavy atom. The van der Waals surface area contributed by atoms with Gasteiger partial charge in [0.1, 0.15) is 5.82 Å². The molecule has 0 aliphatic heterocycles. The van der Waals surface area contributed by atoms with E-state index >= 15 is 0 Å². The first-order valence-corrected chi connectivity index (χ1v) is 6.99. The van der Waals surface area contributed by atoms with Gasteiger partial charge in [-0.2, -0.15) is 0 Å². The van der Waals surface area contributed by atoms with Gasteiger partial charge in [-0.25, -0.2) is 4.98 Å². The number of hydrogen-bond acceptors (Lipinski definition) is 3. The molecule has 4 nitrogen and oxygen atoms in total. The number of anilines is 1. The maximum atomic E-state index is 5.71. The summed E-state index contributed by atoms with van der Waals surface area (Å²) in [5.41, 5.74) is 8.50. The predicted molar refractivity (Wildman–Crippen MR) is 83.1 cm³/mol. The minimum atomic E-state index is 0.687. The second kappa shape index (κ2) is 5.46. The third kappa shape index (κ3) is 2.72. The Morgan fingerprint density at radius 2 is 1.85 bits per heavy atom. The quantitative estimate of drug-likeness (QED) is 0.750. The van der Waals surface area contributed by atoms with E-state index in [-0.39, 0.29) is 0 Å². The SMILES string of the molecule is Nc1ccc(-c2nccn2Cc2ccc(Br)cn2)cc1. The summed E-state index contributed by atoms with van der Waals surface area (Å²) in [6.45, 7) is 0.687. The number of imidazole rings is 1. The van der Waals surface area contributed by atoms with E-state index in [4.69, 9.17) is 5.73 Å². The lowest BCUT2D eigenvalue weighted by atomic mass is 10.2. The molecule has 2 N–H and O–H groups in total. The minimum absolute atomic E-state index is 0.687. The average molecular weight is 329 g/mol. The molecule has 20 heavy (non-hydrogen) atoms. The first-order valence-electron chi connectivity index (χ1n) is 6.20. The standard InChI is InChI=1S/C15H13BrN4/c16-12-3-6-14(19-9-12)10-20-8-7-18-15(20)11-1-4-13(17)5-2-11/h1-9H,10,17H2. The lowest BCUT2D eigenvalue weighted by molar-refractivity contribution is 0.781. The van der Waals surface area contributed by atoms with Crippen LogP contribution in [0.5, 0.6) is 0 Å².